The van der Waals surface area contributed by atoms with Gasteiger partial charge in [0, 0.05) is 19.2 Å². The summed E-state index contributed by atoms with van der Waals surface area (Å²) in [6.45, 7) is 14.2. The average molecular weight is 485 g/mol. The molecule has 0 radical (unpaired) electrons. The van der Waals surface area contributed by atoms with Crippen LogP contribution in [0.4, 0.5) is 5.82 Å². The molecule has 1 aliphatic rings. The van der Waals surface area contributed by atoms with Crippen molar-refractivity contribution in [1.82, 2.24) is 4.98 Å². The van der Waals surface area contributed by atoms with Crippen molar-refractivity contribution in [3.05, 3.63) is 16.8 Å². The fourth-order valence-corrected chi connectivity index (χ4v) is 5.00. The zero-order chi connectivity index (χ0) is 26.0. The highest BCUT2D eigenvalue weighted by atomic mass is 16.5. The molecule has 0 fully saturated rings. The Labute approximate surface area is 214 Å². The maximum atomic E-state index is 11.1. The van der Waals surface area contributed by atoms with Gasteiger partial charge in [-0.25, -0.2) is 4.98 Å². The van der Waals surface area contributed by atoms with Crippen LogP contribution in [0.3, 0.4) is 0 Å². The van der Waals surface area contributed by atoms with E-state index in [0.717, 1.165) is 49.0 Å². The molecule has 2 heterocycles. The summed E-state index contributed by atoms with van der Waals surface area (Å²) >= 11 is 0. The van der Waals surface area contributed by atoms with E-state index >= 15 is 0 Å². The van der Waals surface area contributed by atoms with E-state index in [1.54, 1.807) is 6.92 Å². The van der Waals surface area contributed by atoms with Gasteiger partial charge in [0.15, 0.2) is 5.75 Å². The summed E-state index contributed by atoms with van der Waals surface area (Å²) in [6, 6.07) is 0. The SMILES string of the molecule is Cc1nc2c(c(C#C[C@](C)(O)CCCC(C)CCCC(C)CCCC(C)C)c1OC=O)CCN2C. The van der Waals surface area contributed by atoms with E-state index < -0.39 is 5.60 Å². The van der Waals surface area contributed by atoms with Gasteiger partial charge >= 0.3 is 0 Å². The molecule has 0 aliphatic carbocycles. The third-order valence-corrected chi connectivity index (χ3v) is 7.32. The van der Waals surface area contributed by atoms with Gasteiger partial charge < -0.3 is 14.7 Å². The van der Waals surface area contributed by atoms with Crippen molar-refractivity contribution in [2.24, 2.45) is 17.8 Å². The minimum Gasteiger partial charge on any atom is -0.425 e. The lowest BCUT2D eigenvalue weighted by atomic mass is 9.90. The van der Waals surface area contributed by atoms with Crippen molar-refractivity contribution in [2.75, 3.05) is 18.5 Å². The number of ether oxygens (including phenoxy) is 1. The molecule has 0 spiro atoms. The second-order valence-corrected chi connectivity index (χ2v) is 11.5. The molecule has 0 aromatic carbocycles. The molecule has 3 atom stereocenters. The number of carbonyl (C=O) groups is 1. The number of likely N-dealkylation sites (N-methyl/N-ethyl adjacent to an activating group) is 1. The molecule has 196 valence electrons. The molecular weight excluding hydrogens is 436 g/mol. The summed E-state index contributed by atoms with van der Waals surface area (Å²) in [4.78, 5) is 17.8. The number of rotatable bonds is 14. The molecule has 0 saturated heterocycles. The summed E-state index contributed by atoms with van der Waals surface area (Å²) in [7, 11) is 2.00. The Morgan fingerprint density at radius 1 is 1.09 bits per heavy atom. The minimum atomic E-state index is -1.09. The molecule has 1 aromatic heterocycles. The van der Waals surface area contributed by atoms with Crippen LogP contribution in [0.1, 0.15) is 109 Å². The molecule has 0 bridgehead atoms. The largest absolute Gasteiger partial charge is 0.425 e. The quantitative estimate of drug-likeness (QED) is 0.242. The monoisotopic (exact) mass is 484 g/mol. The third kappa shape index (κ3) is 9.49. The van der Waals surface area contributed by atoms with Crippen LogP contribution < -0.4 is 9.64 Å². The fraction of sp³-hybridized carbons (Fsp3) is 0.733. The number of pyridine rings is 1. The van der Waals surface area contributed by atoms with E-state index in [1.165, 1.54) is 38.5 Å². The molecule has 2 unspecified atom stereocenters. The Morgan fingerprint density at radius 2 is 1.69 bits per heavy atom. The first-order valence-electron chi connectivity index (χ1n) is 13.6. The highest BCUT2D eigenvalue weighted by molar-refractivity contribution is 5.67. The van der Waals surface area contributed by atoms with E-state index in [4.69, 9.17) is 4.74 Å². The maximum absolute atomic E-state index is 11.1. The Kier molecular flexibility index (Phi) is 11.6. The van der Waals surface area contributed by atoms with Gasteiger partial charge in [-0.05, 0) is 50.9 Å². The highest BCUT2D eigenvalue weighted by Gasteiger charge is 2.26. The van der Waals surface area contributed by atoms with E-state index in [1.807, 2.05) is 14.0 Å². The highest BCUT2D eigenvalue weighted by Crippen LogP contribution is 2.35. The number of aliphatic hydroxyl groups is 1. The average Bonchev–Trinajstić information content (AvgIpc) is 3.13. The zero-order valence-electron chi connectivity index (χ0n) is 23.2. The van der Waals surface area contributed by atoms with Gasteiger partial charge in [0.1, 0.15) is 11.4 Å². The van der Waals surface area contributed by atoms with Crippen LogP contribution in [0.2, 0.25) is 0 Å². The van der Waals surface area contributed by atoms with Gasteiger partial charge in [0.2, 0.25) is 0 Å². The van der Waals surface area contributed by atoms with E-state index in [-0.39, 0.29) is 0 Å². The Balaban J connectivity index is 1.87. The molecule has 0 amide bonds. The summed E-state index contributed by atoms with van der Waals surface area (Å²) in [5.41, 5.74) is 1.22. The van der Waals surface area contributed by atoms with E-state index in [9.17, 15) is 9.90 Å². The number of aromatic nitrogens is 1. The van der Waals surface area contributed by atoms with Crippen molar-refractivity contribution >= 4 is 12.3 Å². The lowest BCUT2D eigenvalue weighted by Crippen LogP contribution is -2.21. The summed E-state index contributed by atoms with van der Waals surface area (Å²) < 4.78 is 5.25. The summed E-state index contributed by atoms with van der Waals surface area (Å²) in [5.74, 6) is 9.81. The van der Waals surface area contributed by atoms with Crippen molar-refractivity contribution in [3.8, 4) is 17.6 Å². The Bertz CT molecular complexity index is 882. The van der Waals surface area contributed by atoms with Gasteiger partial charge in [-0.15, -0.1) is 0 Å². The summed E-state index contributed by atoms with van der Waals surface area (Å²) in [5, 5.41) is 10.9. The molecule has 5 nitrogen and oxygen atoms in total. The molecule has 1 aliphatic heterocycles. The number of hydrogen-bond acceptors (Lipinski definition) is 5. The first-order valence-corrected chi connectivity index (χ1v) is 13.6. The van der Waals surface area contributed by atoms with Crippen LogP contribution in [0.15, 0.2) is 0 Å². The minimum absolute atomic E-state index is 0.407. The molecule has 35 heavy (non-hydrogen) atoms. The van der Waals surface area contributed by atoms with Crippen LogP contribution in [-0.2, 0) is 11.2 Å². The molecule has 5 heteroatoms. The molecule has 2 rings (SSSR count). The fourth-order valence-electron chi connectivity index (χ4n) is 5.00. The van der Waals surface area contributed by atoms with Crippen LogP contribution in [0.25, 0.3) is 0 Å². The second-order valence-electron chi connectivity index (χ2n) is 11.5. The van der Waals surface area contributed by atoms with Gasteiger partial charge in [-0.1, -0.05) is 84.5 Å². The van der Waals surface area contributed by atoms with Gasteiger partial charge in [0.05, 0.1) is 11.3 Å². The van der Waals surface area contributed by atoms with Gasteiger partial charge in [-0.3, -0.25) is 4.79 Å². The van der Waals surface area contributed by atoms with Crippen LogP contribution in [0, 0.1) is 36.5 Å². The lowest BCUT2D eigenvalue weighted by Gasteiger charge is -2.19. The van der Waals surface area contributed by atoms with E-state index in [0.29, 0.717) is 35.8 Å². The van der Waals surface area contributed by atoms with Crippen molar-refractivity contribution in [3.63, 3.8) is 0 Å². The molecule has 0 saturated carbocycles. The Morgan fingerprint density at radius 3 is 2.29 bits per heavy atom. The van der Waals surface area contributed by atoms with Crippen LogP contribution in [0.5, 0.6) is 5.75 Å². The standard InChI is InChI=1S/C30H48N2O3/c1-22(2)11-8-12-23(3)13-9-14-24(4)15-10-18-30(6,34)19-16-26-27-17-20-32(7)29(27)31-25(5)28(26)35-21-33/h21-24,34H,8-15,17-18,20H2,1-7H3/t23?,24?,30-/m1/s1. The smallest absolute Gasteiger partial charge is 0.298 e. The second kappa shape index (κ2) is 13.9. The van der Waals surface area contributed by atoms with Crippen LogP contribution in [-0.4, -0.2) is 35.8 Å². The number of anilines is 1. The predicted octanol–water partition coefficient (Wildman–Crippen LogP) is 6.46. The zero-order valence-corrected chi connectivity index (χ0v) is 23.2. The Hall–Kier alpha value is -2.06. The number of fused-ring (bicyclic) bond motifs is 1. The van der Waals surface area contributed by atoms with Crippen molar-refractivity contribution < 1.29 is 14.6 Å². The number of hydrogen-bond donors (Lipinski definition) is 1. The first kappa shape index (κ1) is 29.2. The number of carbonyl (C=O) groups excluding carboxylic acids is 1. The number of aryl methyl sites for hydroxylation is 1. The van der Waals surface area contributed by atoms with Gasteiger partial charge in [-0.2, -0.15) is 0 Å². The molecule has 1 N–H and O–H groups in total. The number of nitrogens with zero attached hydrogens (tertiary/aromatic N) is 2. The predicted molar refractivity (Wildman–Crippen MR) is 145 cm³/mol. The first-order chi connectivity index (χ1) is 16.5. The van der Waals surface area contributed by atoms with Crippen LogP contribution >= 0.6 is 0 Å². The normalized spacial score (nSPS) is 16.3. The third-order valence-electron chi connectivity index (χ3n) is 7.32. The lowest BCUT2D eigenvalue weighted by molar-refractivity contribution is -0.120. The van der Waals surface area contributed by atoms with E-state index in [2.05, 4.69) is 49.4 Å². The topological polar surface area (TPSA) is 62.7 Å². The van der Waals surface area contributed by atoms with Crippen molar-refractivity contribution in [1.29, 1.82) is 0 Å². The summed E-state index contributed by atoms with van der Waals surface area (Å²) in [6.07, 6.45) is 11.4. The molecule has 1 aromatic rings. The van der Waals surface area contributed by atoms with Gasteiger partial charge in [0.25, 0.3) is 6.47 Å². The van der Waals surface area contributed by atoms with Crippen molar-refractivity contribution in [2.45, 2.75) is 111 Å². The maximum Gasteiger partial charge on any atom is 0.298 e. The molecular formula is C30H48N2O3.